The van der Waals surface area contributed by atoms with E-state index in [4.69, 9.17) is 9.84 Å². The molecule has 3 rings (SSSR count). The van der Waals surface area contributed by atoms with E-state index in [9.17, 15) is 9.90 Å². The van der Waals surface area contributed by atoms with Gasteiger partial charge in [-0.3, -0.25) is 0 Å². The van der Waals surface area contributed by atoms with Crippen molar-refractivity contribution in [3.63, 3.8) is 0 Å². The van der Waals surface area contributed by atoms with Crippen molar-refractivity contribution in [2.75, 3.05) is 0 Å². The van der Waals surface area contributed by atoms with Crippen molar-refractivity contribution in [1.29, 1.82) is 0 Å². The minimum absolute atomic E-state index is 0.452. The quantitative estimate of drug-likeness (QED) is 0.595. The maximum Gasteiger partial charge on any atom is 0.508 e. The van der Waals surface area contributed by atoms with E-state index in [1.165, 1.54) is 0 Å². The van der Waals surface area contributed by atoms with E-state index < -0.39 is 11.9 Å². The van der Waals surface area contributed by atoms with Crippen molar-refractivity contribution in [3.8, 4) is 11.1 Å². The van der Waals surface area contributed by atoms with Crippen LogP contribution in [0.15, 0.2) is 48.5 Å². The third-order valence-corrected chi connectivity index (χ3v) is 3.11. The first-order valence-corrected chi connectivity index (χ1v) is 5.46. The Bertz CT molecular complexity index is 588. The lowest BCUT2D eigenvalue weighted by atomic mass is 10.0. The fourth-order valence-electron chi connectivity index (χ4n) is 2.41. The second-order valence-corrected chi connectivity index (χ2v) is 4.10. The molecule has 1 aliphatic carbocycles. The van der Waals surface area contributed by atoms with Crippen LogP contribution in [-0.2, 0) is 10.5 Å². The number of carbonyl (C=O) groups is 1. The lowest BCUT2D eigenvalue weighted by molar-refractivity contribution is -0.145. The molecule has 2 aromatic rings. The predicted octanol–water partition coefficient (Wildman–Crippen LogP) is 2.56. The largest absolute Gasteiger partial charge is 0.508 e. The van der Waals surface area contributed by atoms with Crippen molar-refractivity contribution >= 4 is 6.16 Å². The molecule has 90 valence electrons. The molecule has 0 radical (unpaired) electrons. The fraction of sp³-hybridized carbons (Fsp3) is 0.0714. The van der Waals surface area contributed by atoms with E-state index in [0.29, 0.717) is 11.1 Å². The van der Waals surface area contributed by atoms with Gasteiger partial charge in [0.2, 0.25) is 0 Å². The number of hydrogen-bond donors (Lipinski definition) is 2. The van der Waals surface area contributed by atoms with Gasteiger partial charge in [0.15, 0.2) is 0 Å². The minimum atomic E-state index is -1.92. The van der Waals surface area contributed by atoms with Crippen molar-refractivity contribution in [1.82, 2.24) is 0 Å². The predicted molar refractivity (Wildman–Crippen MR) is 64.0 cm³/mol. The van der Waals surface area contributed by atoms with E-state index in [1.807, 2.05) is 24.3 Å². The van der Waals surface area contributed by atoms with E-state index in [1.54, 1.807) is 24.3 Å². The first-order valence-electron chi connectivity index (χ1n) is 5.46. The van der Waals surface area contributed by atoms with Crippen LogP contribution in [0.3, 0.4) is 0 Å². The Hall–Kier alpha value is -2.33. The molecule has 0 heterocycles. The van der Waals surface area contributed by atoms with Gasteiger partial charge in [0.25, 0.3) is 5.79 Å². The lowest BCUT2D eigenvalue weighted by Gasteiger charge is -2.23. The summed E-state index contributed by atoms with van der Waals surface area (Å²) in [7, 11) is 0. The molecule has 0 aliphatic heterocycles. The highest BCUT2D eigenvalue weighted by Crippen LogP contribution is 2.47. The molecule has 0 atom stereocenters. The molecular formula is C14H10O4. The number of ether oxygens (including phenoxy) is 1. The van der Waals surface area contributed by atoms with Crippen LogP contribution in [0.25, 0.3) is 11.1 Å². The maximum absolute atomic E-state index is 10.8. The first kappa shape index (κ1) is 10.8. The Balaban J connectivity index is 2.30. The summed E-state index contributed by atoms with van der Waals surface area (Å²) in [6.45, 7) is 0. The smallest absolute Gasteiger partial charge is 0.450 e. The second kappa shape index (κ2) is 3.58. The van der Waals surface area contributed by atoms with Crippen LogP contribution >= 0.6 is 0 Å². The third-order valence-electron chi connectivity index (χ3n) is 3.11. The molecule has 4 heteroatoms. The number of fused-ring (bicyclic) bond motifs is 3. The maximum atomic E-state index is 10.8. The van der Waals surface area contributed by atoms with Crippen LogP contribution in [0.2, 0.25) is 0 Å². The van der Waals surface area contributed by atoms with Crippen LogP contribution in [0.1, 0.15) is 11.1 Å². The second-order valence-electron chi connectivity index (χ2n) is 4.10. The number of carboxylic acid groups (broad SMARTS) is 1. The summed E-state index contributed by atoms with van der Waals surface area (Å²) in [4.78, 5) is 10.8. The number of hydrogen-bond acceptors (Lipinski definition) is 3. The molecule has 0 fully saturated rings. The Labute approximate surface area is 103 Å². The zero-order valence-corrected chi connectivity index (χ0v) is 9.33. The Kier molecular flexibility index (Phi) is 2.15. The van der Waals surface area contributed by atoms with Crippen molar-refractivity contribution in [2.24, 2.45) is 0 Å². The third kappa shape index (κ3) is 1.33. The molecule has 0 saturated carbocycles. The number of rotatable bonds is 1. The molecule has 1 aliphatic rings. The van der Waals surface area contributed by atoms with E-state index in [2.05, 4.69) is 0 Å². The molecule has 0 unspecified atom stereocenters. The van der Waals surface area contributed by atoms with Gasteiger partial charge in [-0.2, -0.15) is 0 Å². The molecule has 2 N–H and O–H groups in total. The summed E-state index contributed by atoms with van der Waals surface area (Å²) in [6.07, 6.45) is -1.51. The summed E-state index contributed by atoms with van der Waals surface area (Å²) in [5.74, 6) is -1.92. The van der Waals surface area contributed by atoms with Crippen molar-refractivity contribution < 1.29 is 19.7 Å². The molecule has 0 aromatic heterocycles. The van der Waals surface area contributed by atoms with Gasteiger partial charge in [-0.25, -0.2) is 4.79 Å². The molecule has 0 spiro atoms. The average molecular weight is 242 g/mol. The van der Waals surface area contributed by atoms with Crippen LogP contribution in [0, 0.1) is 0 Å². The van der Waals surface area contributed by atoms with Crippen LogP contribution in [0.4, 0.5) is 4.79 Å². The fourth-order valence-corrected chi connectivity index (χ4v) is 2.41. The van der Waals surface area contributed by atoms with Crippen LogP contribution in [-0.4, -0.2) is 16.4 Å². The number of benzene rings is 2. The standard InChI is InChI=1S/C14H10O4/c15-13(16)18-14(17)11-7-3-1-5-9(11)10-6-2-4-8-12(10)14/h1-8,17H,(H,15,16). The van der Waals surface area contributed by atoms with Crippen LogP contribution in [0.5, 0.6) is 0 Å². The molecule has 0 bridgehead atoms. The summed E-state index contributed by atoms with van der Waals surface area (Å²) < 4.78 is 4.72. The van der Waals surface area contributed by atoms with Crippen LogP contribution < -0.4 is 0 Å². The molecular weight excluding hydrogens is 232 g/mol. The molecule has 4 nitrogen and oxygen atoms in total. The monoisotopic (exact) mass is 242 g/mol. The molecule has 2 aromatic carbocycles. The van der Waals surface area contributed by atoms with Gasteiger partial charge in [0.1, 0.15) is 0 Å². The zero-order valence-electron chi connectivity index (χ0n) is 9.33. The Morgan fingerprint density at radius 1 is 0.944 bits per heavy atom. The summed E-state index contributed by atoms with van der Waals surface area (Å²) in [6, 6.07) is 14.1. The van der Waals surface area contributed by atoms with E-state index in [0.717, 1.165) is 11.1 Å². The molecule has 0 amide bonds. The first-order chi connectivity index (χ1) is 8.63. The van der Waals surface area contributed by atoms with Gasteiger partial charge in [-0.15, -0.1) is 0 Å². The average Bonchev–Trinajstić information content (AvgIpc) is 2.61. The van der Waals surface area contributed by atoms with Gasteiger partial charge >= 0.3 is 6.16 Å². The Morgan fingerprint density at radius 2 is 1.39 bits per heavy atom. The van der Waals surface area contributed by atoms with Gasteiger partial charge in [0, 0.05) is 11.1 Å². The van der Waals surface area contributed by atoms with Gasteiger partial charge in [0.05, 0.1) is 0 Å². The lowest BCUT2D eigenvalue weighted by Crippen LogP contribution is -2.30. The number of aliphatic hydroxyl groups is 1. The summed E-state index contributed by atoms with van der Waals surface area (Å²) in [5, 5.41) is 19.4. The normalized spacial score (nSPS) is 14.7. The minimum Gasteiger partial charge on any atom is -0.450 e. The zero-order chi connectivity index (χ0) is 12.8. The van der Waals surface area contributed by atoms with Crippen molar-refractivity contribution in [3.05, 3.63) is 59.7 Å². The Morgan fingerprint density at radius 3 is 1.83 bits per heavy atom. The summed E-state index contributed by atoms with van der Waals surface area (Å²) >= 11 is 0. The summed E-state index contributed by atoms with van der Waals surface area (Å²) in [5.41, 5.74) is 2.48. The van der Waals surface area contributed by atoms with E-state index >= 15 is 0 Å². The van der Waals surface area contributed by atoms with Gasteiger partial charge < -0.3 is 14.9 Å². The highest BCUT2D eigenvalue weighted by molar-refractivity contribution is 5.80. The van der Waals surface area contributed by atoms with Gasteiger partial charge in [-0.05, 0) is 11.1 Å². The van der Waals surface area contributed by atoms with E-state index in [-0.39, 0.29) is 0 Å². The van der Waals surface area contributed by atoms with Crippen molar-refractivity contribution in [2.45, 2.75) is 5.79 Å². The highest BCUT2D eigenvalue weighted by Gasteiger charge is 2.45. The highest BCUT2D eigenvalue weighted by atomic mass is 16.7. The topological polar surface area (TPSA) is 66.8 Å². The SMILES string of the molecule is O=C(O)OC1(O)c2ccccc2-c2ccccc21. The molecule has 18 heavy (non-hydrogen) atoms. The van der Waals surface area contributed by atoms with Gasteiger partial charge in [-0.1, -0.05) is 48.5 Å². The molecule has 0 saturated heterocycles.